The molecule has 0 saturated heterocycles. The first kappa shape index (κ1) is 19.5. The number of benzene rings is 1. The molecule has 0 saturated carbocycles. The average molecular weight is 396 g/mol. The maximum absolute atomic E-state index is 13.3. The van der Waals surface area contributed by atoms with Gasteiger partial charge in [0.05, 0.1) is 16.3 Å². The van der Waals surface area contributed by atoms with E-state index in [-0.39, 0.29) is 10.9 Å². The van der Waals surface area contributed by atoms with Gasteiger partial charge in [-0.3, -0.25) is 4.40 Å². The third kappa shape index (κ3) is 3.90. The van der Waals surface area contributed by atoms with E-state index in [1.807, 2.05) is 45.9 Å². The first-order chi connectivity index (χ1) is 12.6. The van der Waals surface area contributed by atoms with Crippen LogP contribution in [0.15, 0.2) is 30.5 Å². The van der Waals surface area contributed by atoms with Crippen LogP contribution < -0.4 is 5.32 Å². The van der Waals surface area contributed by atoms with E-state index >= 15 is 0 Å². The summed E-state index contributed by atoms with van der Waals surface area (Å²) in [6.45, 7) is 7.98. The minimum absolute atomic E-state index is 0.0237. The van der Waals surface area contributed by atoms with Crippen LogP contribution in [0.4, 0.5) is 24.7 Å². The molecule has 0 spiro atoms. The predicted octanol–water partition coefficient (Wildman–Crippen LogP) is 6.57. The Balaban J connectivity index is 2.25. The van der Waals surface area contributed by atoms with Gasteiger partial charge in [0.1, 0.15) is 5.82 Å². The van der Waals surface area contributed by atoms with E-state index in [9.17, 15) is 13.2 Å². The molecule has 1 aromatic carbocycles. The Hall–Kier alpha value is -2.21. The van der Waals surface area contributed by atoms with Crippen LogP contribution in [0.1, 0.15) is 36.2 Å². The van der Waals surface area contributed by atoms with Crippen molar-refractivity contribution in [2.75, 3.05) is 5.32 Å². The van der Waals surface area contributed by atoms with Crippen LogP contribution in [0.3, 0.4) is 0 Å². The van der Waals surface area contributed by atoms with Crippen LogP contribution in [0.25, 0.3) is 5.65 Å². The maximum Gasteiger partial charge on any atom is 0.417 e. The molecule has 2 heterocycles. The minimum Gasteiger partial charge on any atom is -0.339 e. The first-order valence-electron chi connectivity index (χ1n) is 8.69. The van der Waals surface area contributed by atoms with Crippen molar-refractivity contribution < 1.29 is 13.2 Å². The molecule has 0 amide bonds. The second kappa shape index (κ2) is 7.08. The molecule has 3 aromatic rings. The van der Waals surface area contributed by atoms with Gasteiger partial charge >= 0.3 is 6.18 Å². The molecule has 27 heavy (non-hydrogen) atoms. The quantitative estimate of drug-likeness (QED) is 0.541. The Morgan fingerprint density at radius 3 is 2.37 bits per heavy atom. The fourth-order valence-electron chi connectivity index (χ4n) is 3.10. The van der Waals surface area contributed by atoms with E-state index < -0.39 is 11.7 Å². The van der Waals surface area contributed by atoms with Gasteiger partial charge in [0.15, 0.2) is 5.65 Å². The maximum atomic E-state index is 13.3. The van der Waals surface area contributed by atoms with E-state index in [1.54, 1.807) is 0 Å². The zero-order valence-corrected chi connectivity index (χ0v) is 16.3. The molecule has 0 unspecified atom stereocenters. The van der Waals surface area contributed by atoms with Crippen molar-refractivity contribution in [1.29, 1.82) is 0 Å². The molecule has 0 aliphatic heterocycles. The lowest BCUT2D eigenvalue weighted by Crippen LogP contribution is -2.08. The van der Waals surface area contributed by atoms with Gasteiger partial charge < -0.3 is 5.32 Å². The Morgan fingerprint density at radius 2 is 1.81 bits per heavy atom. The zero-order valence-electron chi connectivity index (χ0n) is 15.6. The van der Waals surface area contributed by atoms with Crippen molar-refractivity contribution in [1.82, 2.24) is 9.38 Å². The highest BCUT2D eigenvalue weighted by Crippen LogP contribution is 2.36. The molecular weight excluding hydrogens is 375 g/mol. The summed E-state index contributed by atoms with van der Waals surface area (Å²) in [5.41, 5.74) is 3.05. The number of rotatable bonds is 4. The molecule has 7 heteroatoms. The Labute approximate surface area is 161 Å². The number of aryl methyl sites for hydroxylation is 2. The summed E-state index contributed by atoms with van der Waals surface area (Å²) in [5, 5.41) is 3.29. The van der Waals surface area contributed by atoms with Gasteiger partial charge in [0.2, 0.25) is 0 Å². The van der Waals surface area contributed by atoms with Crippen LogP contribution in [-0.4, -0.2) is 9.38 Å². The predicted molar refractivity (Wildman–Crippen MR) is 103 cm³/mol. The van der Waals surface area contributed by atoms with E-state index in [2.05, 4.69) is 10.3 Å². The molecule has 0 fully saturated rings. The molecule has 0 aliphatic rings. The standard InChI is InChI=1S/C20H21ClF3N3/c1-11(2)8-16-19(26-17-12(3)6-5-7-13(17)4)27-10-14(20(22,23)24)9-15(21)18(27)25-16/h5-7,9-11,26H,8H2,1-4H3. The fourth-order valence-corrected chi connectivity index (χ4v) is 3.35. The molecule has 1 N–H and O–H groups in total. The fraction of sp³-hybridized carbons (Fsp3) is 0.350. The second-order valence-electron chi connectivity index (χ2n) is 7.16. The molecular formula is C20H21ClF3N3. The second-order valence-corrected chi connectivity index (χ2v) is 7.57. The molecule has 3 rings (SSSR count). The number of alkyl halides is 3. The van der Waals surface area contributed by atoms with Crippen LogP contribution in [0.5, 0.6) is 0 Å². The highest BCUT2D eigenvalue weighted by molar-refractivity contribution is 6.33. The molecule has 0 atom stereocenters. The van der Waals surface area contributed by atoms with Crippen molar-refractivity contribution in [3.05, 3.63) is 57.9 Å². The van der Waals surface area contributed by atoms with Crippen molar-refractivity contribution in [2.45, 2.75) is 40.3 Å². The summed E-state index contributed by atoms with van der Waals surface area (Å²) >= 11 is 6.14. The van der Waals surface area contributed by atoms with Crippen molar-refractivity contribution >= 4 is 28.8 Å². The van der Waals surface area contributed by atoms with E-state index in [4.69, 9.17) is 11.6 Å². The van der Waals surface area contributed by atoms with Gasteiger partial charge in [-0.05, 0) is 43.4 Å². The van der Waals surface area contributed by atoms with Crippen LogP contribution >= 0.6 is 11.6 Å². The smallest absolute Gasteiger partial charge is 0.339 e. The first-order valence-corrected chi connectivity index (χ1v) is 9.06. The summed E-state index contributed by atoms with van der Waals surface area (Å²) in [7, 11) is 0. The summed E-state index contributed by atoms with van der Waals surface area (Å²) < 4.78 is 41.3. The number of pyridine rings is 1. The van der Waals surface area contributed by atoms with E-state index in [1.165, 1.54) is 4.40 Å². The number of imidazole rings is 1. The topological polar surface area (TPSA) is 29.3 Å². The van der Waals surface area contributed by atoms with Crippen molar-refractivity contribution in [2.24, 2.45) is 5.92 Å². The van der Waals surface area contributed by atoms with Crippen LogP contribution in [0, 0.1) is 19.8 Å². The third-order valence-electron chi connectivity index (χ3n) is 4.40. The van der Waals surface area contributed by atoms with E-state index in [0.29, 0.717) is 23.6 Å². The molecule has 2 aromatic heterocycles. The van der Waals surface area contributed by atoms with Crippen molar-refractivity contribution in [3.8, 4) is 0 Å². The minimum atomic E-state index is -4.49. The Morgan fingerprint density at radius 1 is 1.19 bits per heavy atom. The SMILES string of the molecule is Cc1cccc(C)c1Nc1c(CC(C)C)nc2c(Cl)cc(C(F)(F)F)cn12. The van der Waals surface area contributed by atoms with Gasteiger partial charge in [-0.2, -0.15) is 13.2 Å². The number of nitrogens with zero attached hydrogens (tertiary/aromatic N) is 2. The summed E-state index contributed by atoms with van der Waals surface area (Å²) in [4.78, 5) is 4.53. The Bertz CT molecular complexity index is 970. The molecule has 0 radical (unpaired) electrons. The lowest BCUT2D eigenvalue weighted by atomic mass is 10.1. The average Bonchev–Trinajstić information content (AvgIpc) is 2.87. The van der Waals surface area contributed by atoms with E-state index in [0.717, 1.165) is 29.1 Å². The summed E-state index contributed by atoms with van der Waals surface area (Å²) in [6, 6.07) is 6.77. The number of anilines is 2. The lowest BCUT2D eigenvalue weighted by molar-refractivity contribution is -0.137. The zero-order chi connectivity index (χ0) is 19.9. The van der Waals surface area contributed by atoms with Crippen LogP contribution in [0.2, 0.25) is 5.02 Å². The Kier molecular flexibility index (Phi) is 5.12. The van der Waals surface area contributed by atoms with Gasteiger partial charge in [-0.25, -0.2) is 4.98 Å². The van der Waals surface area contributed by atoms with Crippen LogP contribution in [-0.2, 0) is 12.6 Å². The highest BCUT2D eigenvalue weighted by atomic mass is 35.5. The number of aromatic nitrogens is 2. The van der Waals surface area contributed by atoms with Gasteiger partial charge in [-0.15, -0.1) is 0 Å². The monoisotopic (exact) mass is 395 g/mol. The molecule has 0 aliphatic carbocycles. The molecule has 3 nitrogen and oxygen atoms in total. The summed E-state index contributed by atoms with van der Waals surface area (Å²) in [6.07, 6.45) is -2.82. The lowest BCUT2D eigenvalue weighted by Gasteiger charge is -2.15. The third-order valence-corrected chi connectivity index (χ3v) is 4.68. The number of fused-ring (bicyclic) bond motifs is 1. The number of halogens is 4. The van der Waals surface area contributed by atoms with Gasteiger partial charge in [-0.1, -0.05) is 43.6 Å². The number of para-hydroxylation sites is 1. The van der Waals surface area contributed by atoms with Gasteiger partial charge in [0.25, 0.3) is 0 Å². The number of hydrogen-bond donors (Lipinski definition) is 1. The van der Waals surface area contributed by atoms with Gasteiger partial charge in [0, 0.05) is 11.9 Å². The number of nitrogens with one attached hydrogen (secondary N) is 1. The van der Waals surface area contributed by atoms with Crippen molar-refractivity contribution in [3.63, 3.8) is 0 Å². The number of hydrogen-bond acceptors (Lipinski definition) is 2. The largest absolute Gasteiger partial charge is 0.417 e. The molecule has 0 bridgehead atoms. The summed E-state index contributed by atoms with van der Waals surface area (Å²) in [5.74, 6) is 0.804. The molecule has 144 valence electrons. The normalized spacial score (nSPS) is 12.2. The highest BCUT2D eigenvalue weighted by Gasteiger charge is 2.32.